The van der Waals surface area contributed by atoms with Gasteiger partial charge in [-0.15, -0.1) is 0 Å². The van der Waals surface area contributed by atoms with E-state index in [1.54, 1.807) is 11.7 Å². The second kappa shape index (κ2) is 14.4. The Morgan fingerprint density at radius 1 is 0.750 bits per heavy atom. The zero-order chi connectivity index (χ0) is 31.5. The highest BCUT2D eigenvalue weighted by atomic mass is 16.4. The highest BCUT2D eigenvalue weighted by molar-refractivity contribution is 6.04. The summed E-state index contributed by atoms with van der Waals surface area (Å²) in [5.74, 6) is -0.981. The number of anilines is 2. The summed E-state index contributed by atoms with van der Waals surface area (Å²) < 4.78 is 1.58. The molecule has 3 aromatic carbocycles. The number of aryl methyl sites for hydroxylation is 1. The van der Waals surface area contributed by atoms with Crippen molar-refractivity contribution in [2.75, 3.05) is 23.7 Å². The molecule has 5 N–H and O–H groups in total. The molecule has 4 rings (SSSR count). The van der Waals surface area contributed by atoms with Crippen LogP contribution in [0.15, 0.2) is 97.2 Å². The van der Waals surface area contributed by atoms with Gasteiger partial charge in [0.15, 0.2) is 0 Å². The van der Waals surface area contributed by atoms with Crippen LogP contribution in [0.25, 0.3) is 0 Å². The summed E-state index contributed by atoms with van der Waals surface area (Å²) in [5.41, 5.74) is 2.18. The van der Waals surface area contributed by atoms with Crippen molar-refractivity contribution in [1.82, 2.24) is 25.7 Å². The molecule has 0 unspecified atom stereocenters. The number of amides is 4. The van der Waals surface area contributed by atoms with Crippen LogP contribution in [0.5, 0.6) is 0 Å². The summed E-state index contributed by atoms with van der Waals surface area (Å²) in [6.07, 6.45) is -2.39. The fourth-order valence-corrected chi connectivity index (χ4v) is 4.84. The maximum Gasteiger partial charge on any atom is 0.233 e. The fourth-order valence-electron chi connectivity index (χ4n) is 4.84. The number of aromatic nitrogens is 2. The molecule has 4 amide bonds. The Morgan fingerprint density at radius 3 is 1.64 bits per heavy atom. The number of carbonyl (C=O) groups excluding carboxylic acids is 4. The normalized spacial score (nSPS) is 11.0. The molecule has 1 heterocycles. The summed E-state index contributed by atoms with van der Waals surface area (Å²) in [7, 11) is 1.72. The minimum atomic E-state index is -1.61. The van der Waals surface area contributed by atoms with E-state index in [-0.39, 0.29) is 13.1 Å². The summed E-state index contributed by atoms with van der Waals surface area (Å²) in [4.78, 5) is 47.1. The van der Waals surface area contributed by atoms with E-state index in [9.17, 15) is 29.4 Å². The van der Waals surface area contributed by atoms with Gasteiger partial charge in [0.25, 0.3) is 0 Å². The van der Waals surface area contributed by atoms with Crippen LogP contribution in [0.4, 0.5) is 21.1 Å². The van der Waals surface area contributed by atoms with E-state index < -0.39 is 42.0 Å². The number of nitrogens with zero attached hydrogens (tertiary/aromatic N) is 2. The predicted octanol–water partition coefficient (Wildman–Crippen LogP) is 0.503. The third kappa shape index (κ3) is 7.70. The first-order chi connectivity index (χ1) is 21.2. The highest BCUT2D eigenvalue weighted by Gasteiger charge is 2.38. The Hall–Kier alpha value is -5.85. The Bertz CT molecular complexity index is 1460. The van der Waals surface area contributed by atoms with Crippen molar-refractivity contribution in [1.29, 1.82) is 0 Å². The number of hydrogen-bond acceptors (Lipinski definition) is 8. The Balaban J connectivity index is 1.60. The van der Waals surface area contributed by atoms with Crippen LogP contribution in [0.3, 0.4) is 0 Å². The van der Waals surface area contributed by atoms with E-state index in [1.807, 2.05) is 102 Å². The van der Waals surface area contributed by atoms with Crippen molar-refractivity contribution in [3.05, 3.63) is 114 Å². The van der Waals surface area contributed by atoms with Crippen molar-refractivity contribution in [3.63, 3.8) is 0 Å². The fraction of sp³-hybridized carbons (Fsp3) is 0.194. The van der Waals surface area contributed by atoms with E-state index in [1.165, 1.54) is 6.20 Å². The molecule has 4 aromatic rings. The van der Waals surface area contributed by atoms with Gasteiger partial charge in [-0.2, -0.15) is 5.10 Å². The Labute approximate surface area is 253 Å². The average molecular weight is 598 g/mol. The van der Waals surface area contributed by atoms with Crippen molar-refractivity contribution < 1.29 is 29.4 Å². The van der Waals surface area contributed by atoms with Crippen LogP contribution >= 0.6 is 0 Å². The van der Waals surface area contributed by atoms with Gasteiger partial charge in [-0.25, -0.2) is 0 Å². The van der Waals surface area contributed by atoms with E-state index >= 15 is 0 Å². The topological polar surface area (TPSA) is 192 Å². The molecule has 0 radical (unpaired) electrons. The first kappa shape index (κ1) is 31.1. The van der Waals surface area contributed by atoms with Crippen molar-refractivity contribution >= 4 is 35.5 Å². The number of rotatable bonds is 13. The minimum absolute atomic E-state index is 0.311. The molecular formula is C31H31N7O6-2. The third-order valence-electron chi connectivity index (χ3n) is 6.81. The second-order valence-corrected chi connectivity index (χ2v) is 9.83. The van der Waals surface area contributed by atoms with E-state index in [0.717, 1.165) is 16.7 Å². The Morgan fingerprint density at radius 2 is 1.20 bits per heavy atom. The smallest absolute Gasteiger partial charge is 0.233 e. The van der Waals surface area contributed by atoms with Gasteiger partial charge in [0.1, 0.15) is 35.7 Å². The summed E-state index contributed by atoms with van der Waals surface area (Å²) in [6.45, 7) is -0.708. The number of nitrogens with one attached hydrogen (secondary N) is 5. The molecule has 0 aliphatic heterocycles. The first-order valence-electron chi connectivity index (χ1n) is 13.6. The van der Waals surface area contributed by atoms with Crippen LogP contribution in [-0.4, -0.2) is 52.9 Å². The van der Waals surface area contributed by atoms with Crippen molar-refractivity contribution in [2.45, 2.75) is 18.0 Å². The molecule has 0 saturated carbocycles. The molecule has 0 fully saturated rings. The van der Waals surface area contributed by atoms with Crippen LogP contribution in [0.2, 0.25) is 0 Å². The van der Waals surface area contributed by atoms with Gasteiger partial charge in [0.05, 0.1) is 12.2 Å². The average Bonchev–Trinajstić information content (AvgIpc) is 3.35. The molecule has 228 valence electrons. The SMILES string of the molecule is Cn1ncc(NC(=O)CC(=O)NC(CNC(=O)[O-])CNC(=O)[O-])c1NC(c1ccccc1)(c1ccccc1)c1ccccc1. The van der Waals surface area contributed by atoms with E-state index in [2.05, 4.69) is 21.0 Å². The first-order valence-corrected chi connectivity index (χ1v) is 13.6. The zero-order valence-electron chi connectivity index (χ0n) is 23.8. The maximum atomic E-state index is 13.0. The van der Waals surface area contributed by atoms with Crippen molar-refractivity contribution in [2.24, 2.45) is 7.05 Å². The number of carbonyl (C=O) groups is 4. The standard InChI is InChI=1S/C31H33N7O6/c1-38-28(25(20-34-38)36-27(40)17-26(39)35-24(18-32-29(41)42)19-33-30(43)44)37-31(21-11-5-2-6-12-21,22-13-7-3-8-14-22)23-15-9-4-10-16-23/h2-16,20,24,32-33,37H,17-19H2,1H3,(H,35,39)(H,36,40)(H,41,42)(H,43,44)/p-2. The summed E-state index contributed by atoms with van der Waals surface area (Å²) in [5, 5.41) is 38.6. The van der Waals surface area contributed by atoms with Gasteiger partial charge in [-0.1, -0.05) is 91.0 Å². The number of benzene rings is 3. The van der Waals surface area contributed by atoms with E-state index in [4.69, 9.17) is 0 Å². The molecule has 0 saturated heterocycles. The summed E-state index contributed by atoms with van der Waals surface area (Å²) >= 11 is 0. The molecule has 44 heavy (non-hydrogen) atoms. The molecule has 0 aliphatic rings. The lowest BCUT2D eigenvalue weighted by molar-refractivity contribution is -0.251. The largest absolute Gasteiger partial charge is 0.530 e. The number of hydrogen-bond donors (Lipinski definition) is 5. The monoisotopic (exact) mass is 597 g/mol. The highest BCUT2D eigenvalue weighted by Crippen LogP contribution is 2.41. The van der Waals surface area contributed by atoms with Crippen LogP contribution in [0, 0.1) is 0 Å². The summed E-state index contributed by atoms with van der Waals surface area (Å²) in [6, 6.07) is 28.5. The van der Waals surface area contributed by atoms with Gasteiger partial charge in [0.2, 0.25) is 11.8 Å². The van der Waals surface area contributed by atoms with Crippen LogP contribution in [-0.2, 0) is 22.2 Å². The van der Waals surface area contributed by atoms with Crippen molar-refractivity contribution in [3.8, 4) is 0 Å². The minimum Gasteiger partial charge on any atom is -0.530 e. The van der Waals surface area contributed by atoms with Gasteiger partial charge in [-0.3, -0.25) is 14.3 Å². The quantitative estimate of drug-likeness (QED) is 0.109. The molecule has 13 heteroatoms. The van der Waals surface area contributed by atoms with E-state index in [0.29, 0.717) is 11.5 Å². The van der Waals surface area contributed by atoms with Gasteiger partial charge in [0, 0.05) is 20.1 Å². The second-order valence-electron chi connectivity index (χ2n) is 9.83. The molecule has 13 nitrogen and oxygen atoms in total. The van der Waals surface area contributed by atoms with Gasteiger partial charge >= 0.3 is 0 Å². The molecule has 0 aliphatic carbocycles. The molecule has 1 aromatic heterocycles. The molecule has 0 spiro atoms. The molecule has 0 atom stereocenters. The Kier molecular flexibility index (Phi) is 10.1. The lowest BCUT2D eigenvalue weighted by Gasteiger charge is -2.38. The van der Waals surface area contributed by atoms with Gasteiger partial charge < -0.3 is 46.4 Å². The zero-order valence-corrected chi connectivity index (χ0v) is 23.8. The van der Waals surface area contributed by atoms with Crippen LogP contribution in [0.1, 0.15) is 23.1 Å². The van der Waals surface area contributed by atoms with Gasteiger partial charge in [-0.05, 0) is 16.7 Å². The maximum absolute atomic E-state index is 13.0. The molecular weight excluding hydrogens is 566 g/mol. The molecule has 0 bridgehead atoms. The lowest BCUT2D eigenvalue weighted by Crippen LogP contribution is -2.53. The lowest BCUT2D eigenvalue weighted by atomic mass is 9.77. The van der Waals surface area contributed by atoms with Crippen LogP contribution < -0.4 is 36.8 Å². The third-order valence-corrected chi connectivity index (χ3v) is 6.81. The number of carboxylic acid groups (broad SMARTS) is 2. The predicted molar refractivity (Wildman–Crippen MR) is 158 cm³/mol.